The van der Waals surface area contributed by atoms with E-state index in [4.69, 9.17) is 9.15 Å². The van der Waals surface area contributed by atoms with Crippen LogP contribution in [0.5, 0.6) is 0 Å². The molecule has 130 valence electrons. The molecule has 24 heavy (non-hydrogen) atoms. The predicted molar refractivity (Wildman–Crippen MR) is 87.9 cm³/mol. The highest BCUT2D eigenvalue weighted by Crippen LogP contribution is 2.13. The smallest absolute Gasteiger partial charge is 0.287 e. The zero-order chi connectivity index (χ0) is 17.6. The molecule has 0 radical (unpaired) electrons. The molecule has 0 aliphatic heterocycles. The minimum Gasteiger partial charge on any atom is -0.438 e. The van der Waals surface area contributed by atoms with Crippen molar-refractivity contribution in [3.8, 4) is 0 Å². The van der Waals surface area contributed by atoms with E-state index in [1.165, 1.54) is 19.2 Å². The standard InChI is InChI=1S/C16H20N2O5S/c1-3-22-11-13-6-4-12(5-7-13)10-18-16(19)14-8-9-15(23-14)24(20,21)17-2/h4-9,17H,3,10-11H2,1-2H3,(H,18,19). The first kappa shape index (κ1) is 18.2. The Morgan fingerprint density at radius 1 is 1.12 bits per heavy atom. The lowest BCUT2D eigenvalue weighted by Crippen LogP contribution is -2.22. The van der Waals surface area contributed by atoms with E-state index in [-0.39, 0.29) is 10.9 Å². The number of carbonyl (C=O) groups is 1. The van der Waals surface area contributed by atoms with E-state index in [2.05, 4.69) is 10.0 Å². The molecular formula is C16H20N2O5S. The molecule has 0 unspecified atom stereocenters. The van der Waals surface area contributed by atoms with E-state index < -0.39 is 15.9 Å². The number of benzene rings is 1. The van der Waals surface area contributed by atoms with Gasteiger partial charge in [-0.15, -0.1) is 0 Å². The minimum absolute atomic E-state index is 0.0585. The normalized spacial score (nSPS) is 11.4. The van der Waals surface area contributed by atoms with Gasteiger partial charge in [-0.05, 0) is 37.2 Å². The van der Waals surface area contributed by atoms with Crippen LogP contribution in [-0.2, 0) is 27.9 Å². The van der Waals surface area contributed by atoms with Crippen molar-refractivity contribution in [2.24, 2.45) is 0 Å². The van der Waals surface area contributed by atoms with Gasteiger partial charge in [-0.3, -0.25) is 4.79 Å². The molecule has 0 spiro atoms. The summed E-state index contributed by atoms with van der Waals surface area (Å²) in [5, 5.41) is 2.39. The molecule has 2 rings (SSSR count). The molecular weight excluding hydrogens is 332 g/mol. The van der Waals surface area contributed by atoms with Crippen LogP contribution in [0.1, 0.15) is 28.6 Å². The molecule has 0 saturated heterocycles. The van der Waals surface area contributed by atoms with Gasteiger partial charge < -0.3 is 14.5 Å². The van der Waals surface area contributed by atoms with E-state index in [1.807, 2.05) is 31.2 Å². The summed E-state index contributed by atoms with van der Waals surface area (Å²) < 4.78 is 35.7. The quantitative estimate of drug-likeness (QED) is 0.753. The number of hydrogen-bond acceptors (Lipinski definition) is 5. The van der Waals surface area contributed by atoms with Crippen molar-refractivity contribution in [2.75, 3.05) is 13.7 Å². The Bertz CT molecular complexity index is 781. The molecule has 1 heterocycles. The van der Waals surface area contributed by atoms with Crippen LogP contribution >= 0.6 is 0 Å². The van der Waals surface area contributed by atoms with Crippen LogP contribution in [0.4, 0.5) is 0 Å². The number of hydrogen-bond donors (Lipinski definition) is 2. The number of amides is 1. The average molecular weight is 352 g/mol. The predicted octanol–water partition coefficient (Wildman–Crippen LogP) is 1.65. The number of sulfonamides is 1. The summed E-state index contributed by atoms with van der Waals surface area (Å²) in [5.41, 5.74) is 1.97. The topological polar surface area (TPSA) is 97.6 Å². The monoisotopic (exact) mass is 352 g/mol. The second-order valence-electron chi connectivity index (χ2n) is 4.96. The van der Waals surface area contributed by atoms with Gasteiger partial charge in [0.25, 0.3) is 15.9 Å². The van der Waals surface area contributed by atoms with Gasteiger partial charge >= 0.3 is 0 Å². The molecule has 1 aromatic carbocycles. The Labute approximate surface area is 141 Å². The number of rotatable bonds is 8. The van der Waals surface area contributed by atoms with Gasteiger partial charge in [-0.2, -0.15) is 0 Å². The molecule has 2 aromatic rings. The summed E-state index contributed by atoms with van der Waals surface area (Å²) in [6.45, 7) is 3.46. The molecule has 0 bridgehead atoms. The first-order valence-electron chi connectivity index (χ1n) is 7.43. The summed E-state index contributed by atoms with van der Waals surface area (Å²) in [6, 6.07) is 10.2. The van der Waals surface area contributed by atoms with Gasteiger partial charge in [0.05, 0.1) is 6.61 Å². The van der Waals surface area contributed by atoms with E-state index in [9.17, 15) is 13.2 Å². The van der Waals surface area contributed by atoms with Crippen LogP contribution < -0.4 is 10.0 Å². The summed E-state index contributed by atoms with van der Waals surface area (Å²) in [5.74, 6) is -0.539. The Balaban J connectivity index is 1.93. The summed E-state index contributed by atoms with van der Waals surface area (Å²) in [7, 11) is -2.43. The van der Waals surface area contributed by atoms with Crippen LogP contribution in [-0.4, -0.2) is 28.0 Å². The SMILES string of the molecule is CCOCc1ccc(CNC(=O)c2ccc(S(=O)(=O)NC)o2)cc1. The van der Waals surface area contributed by atoms with E-state index in [1.54, 1.807) is 0 Å². The number of furan rings is 1. The Hall–Kier alpha value is -2.16. The molecule has 2 N–H and O–H groups in total. The molecule has 0 aliphatic carbocycles. The van der Waals surface area contributed by atoms with Gasteiger partial charge in [-0.25, -0.2) is 13.1 Å². The number of carbonyl (C=O) groups excluding carboxylic acids is 1. The zero-order valence-corrected chi connectivity index (χ0v) is 14.4. The summed E-state index contributed by atoms with van der Waals surface area (Å²) >= 11 is 0. The lowest BCUT2D eigenvalue weighted by Gasteiger charge is -2.06. The maximum atomic E-state index is 12.0. The third-order valence-electron chi connectivity index (χ3n) is 3.29. The first-order valence-corrected chi connectivity index (χ1v) is 8.91. The molecule has 0 fully saturated rings. The van der Waals surface area contributed by atoms with Crippen molar-refractivity contribution in [1.82, 2.24) is 10.0 Å². The molecule has 1 amide bonds. The zero-order valence-electron chi connectivity index (χ0n) is 13.5. The van der Waals surface area contributed by atoms with Crippen molar-refractivity contribution < 1.29 is 22.4 Å². The van der Waals surface area contributed by atoms with E-state index in [0.717, 1.165) is 11.1 Å². The third kappa shape index (κ3) is 4.67. The fraction of sp³-hybridized carbons (Fsp3) is 0.312. The highest BCUT2D eigenvalue weighted by molar-refractivity contribution is 7.89. The lowest BCUT2D eigenvalue weighted by molar-refractivity contribution is 0.0917. The first-order chi connectivity index (χ1) is 11.5. The highest BCUT2D eigenvalue weighted by Gasteiger charge is 2.19. The van der Waals surface area contributed by atoms with Gasteiger partial charge in [0.15, 0.2) is 5.76 Å². The van der Waals surface area contributed by atoms with Crippen molar-refractivity contribution >= 4 is 15.9 Å². The highest BCUT2D eigenvalue weighted by atomic mass is 32.2. The molecule has 0 saturated carbocycles. The van der Waals surface area contributed by atoms with Crippen LogP contribution in [0.25, 0.3) is 0 Å². The van der Waals surface area contributed by atoms with Crippen LogP contribution in [0.3, 0.4) is 0 Å². The van der Waals surface area contributed by atoms with Crippen molar-refractivity contribution in [1.29, 1.82) is 0 Å². The number of ether oxygens (including phenoxy) is 1. The van der Waals surface area contributed by atoms with Crippen LogP contribution in [0.15, 0.2) is 45.9 Å². The summed E-state index contributed by atoms with van der Waals surface area (Å²) in [6.07, 6.45) is 0. The third-order valence-corrected chi connectivity index (χ3v) is 4.57. The van der Waals surface area contributed by atoms with Crippen molar-refractivity contribution in [2.45, 2.75) is 25.2 Å². The maximum absolute atomic E-state index is 12.0. The Morgan fingerprint density at radius 3 is 2.42 bits per heavy atom. The summed E-state index contributed by atoms with van der Waals surface area (Å²) in [4.78, 5) is 12.0. The van der Waals surface area contributed by atoms with Gasteiger partial charge in [0.1, 0.15) is 0 Å². The Kier molecular flexibility index (Phi) is 6.13. The van der Waals surface area contributed by atoms with Gasteiger partial charge in [0, 0.05) is 13.2 Å². The second-order valence-corrected chi connectivity index (χ2v) is 6.78. The van der Waals surface area contributed by atoms with Gasteiger partial charge in [-0.1, -0.05) is 24.3 Å². The fourth-order valence-corrected chi connectivity index (χ4v) is 2.58. The fourth-order valence-electron chi connectivity index (χ4n) is 1.93. The van der Waals surface area contributed by atoms with Crippen LogP contribution in [0.2, 0.25) is 0 Å². The average Bonchev–Trinajstić information content (AvgIpc) is 3.10. The van der Waals surface area contributed by atoms with Gasteiger partial charge in [0.2, 0.25) is 5.09 Å². The maximum Gasteiger partial charge on any atom is 0.287 e. The molecule has 0 aliphatic rings. The molecule has 7 nitrogen and oxygen atoms in total. The van der Waals surface area contributed by atoms with Crippen molar-refractivity contribution in [3.63, 3.8) is 0 Å². The molecule has 0 atom stereocenters. The Morgan fingerprint density at radius 2 is 1.79 bits per heavy atom. The minimum atomic E-state index is -3.70. The number of nitrogens with one attached hydrogen (secondary N) is 2. The van der Waals surface area contributed by atoms with Crippen LogP contribution in [0, 0.1) is 0 Å². The molecule has 1 aromatic heterocycles. The molecule has 8 heteroatoms. The van der Waals surface area contributed by atoms with Crippen molar-refractivity contribution in [3.05, 3.63) is 53.3 Å². The largest absolute Gasteiger partial charge is 0.438 e. The lowest BCUT2D eigenvalue weighted by atomic mass is 10.1. The second kappa shape index (κ2) is 8.09. The van der Waals surface area contributed by atoms with E-state index >= 15 is 0 Å². The van der Waals surface area contributed by atoms with E-state index in [0.29, 0.717) is 19.8 Å².